The molecule has 23 heavy (non-hydrogen) atoms. The van der Waals surface area contributed by atoms with E-state index < -0.39 is 5.41 Å². The minimum Gasteiger partial charge on any atom is -0.325 e. The molecule has 0 heterocycles. The Labute approximate surface area is 144 Å². The molecular weight excluding hydrogens is 356 g/mol. The van der Waals surface area contributed by atoms with E-state index in [4.69, 9.17) is 0 Å². The molecule has 0 aromatic heterocycles. The topological polar surface area (TPSA) is 58.2 Å². The maximum Gasteiger partial charge on any atom is 0.239 e. The lowest BCUT2D eigenvalue weighted by Crippen LogP contribution is -2.41. The van der Waals surface area contributed by atoms with Crippen molar-refractivity contribution in [2.45, 2.75) is 20.8 Å². The summed E-state index contributed by atoms with van der Waals surface area (Å²) in [6.07, 6.45) is 0. The van der Waals surface area contributed by atoms with E-state index in [1.165, 1.54) is 0 Å². The Hall–Kier alpha value is -2.14. The van der Waals surface area contributed by atoms with Gasteiger partial charge >= 0.3 is 0 Å². The third kappa shape index (κ3) is 4.42. The minimum atomic E-state index is -1.20. The Morgan fingerprint density at radius 3 is 2.04 bits per heavy atom. The van der Waals surface area contributed by atoms with E-state index >= 15 is 0 Å². The summed E-state index contributed by atoms with van der Waals surface area (Å²) in [4.78, 5) is 24.9. The van der Waals surface area contributed by atoms with Gasteiger partial charge in [-0.05, 0) is 51.1 Å². The van der Waals surface area contributed by atoms with Gasteiger partial charge in [-0.1, -0.05) is 39.7 Å². The Balaban J connectivity index is 2.08. The molecule has 120 valence electrons. The summed E-state index contributed by atoms with van der Waals surface area (Å²) in [5.41, 5.74) is 1.21. The molecule has 0 fully saturated rings. The van der Waals surface area contributed by atoms with Crippen molar-refractivity contribution in [3.63, 3.8) is 0 Å². The fraction of sp³-hybridized carbons (Fsp3) is 0.222. The number of anilines is 2. The lowest BCUT2D eigenvalue weighted by molar-refractivity contribution is -0.135. The molecule has 2 aromatic carbocycles. The molecule has 2 amide bonds. The van der Waals surface area contributed by atoms with Crippen molar-refractivity contribution in [3.8, 4) is 0 Å². The number of amides is 2. The molecule has 0 bridgehead atoms. The number of hydrogen-bond acceptors (Lipinski definition) is 2. The third-order valence-corrected chi connectivity index (χ3v) is 4.02. The van der Waals surface area contributed by atoms with Crippen LogP contribution in [0.25, 0.3) is 0 Å². The van der Waals surface area contributed by atoms with Gasteiger partial charge in [-0.3, -0.25) is 9.59 Å². The fourth-order valence-electron chi connectivity index (χ4n) is 1.88. The second-order valence-corrected chi connectivity index (χ2v) is 6.83. The summed E-state index contributed by atoms with van der Waals surface area (Å²) in [6, 6.07) is 14.7. The van der Waals surface area contributed by atoms with Crippen LogP contribution in [0.5, 0.6) is 0 Å². The van der Waals surface area contributed by atoms with E-state index in [1.807, 2.05) is 43.3 Å². The Bertz CT molecular complexity index is 724. The molecule has 5 heteroatoms. The van der Waals surface area contributed by atoms with Gasteiger partial charge in [0.05, 0.1) is 0 Å². The van der Waals surface area contributed by atoms with E-state index in [0.29, 0.717) is 11.4 Å². The van der Waals surface area contributed by atoms with E-state index in [-0.39, 0.29) is 11.8 Å². The molecule has 0 spiro atoms. The predicted molar refractivity (Wildman–Crippen MR) is 96.4 cm³/mol. The largest absolute Gasteiger partial charge is 0.325 e. The average Bonchev–Trinajstić information content (AvgIpc) is 2.49. The predicted octanol–water partition coefficient (Wildman–Crippen LogP) is 4.36. The molecule has 4 nitrogen and oxygen atoms in total. The molecule has 0 saturated heterocycles. The molecule has 2 rings (SSSR count). The minimum absolute atomic E-state index is 0.353. The van der Waals surface area contributed by atoms with Crippen LogP contribution in [-0.4, -0.2) is 11.8 Å². The highest BCUT2D eigenvalue weighted by Gasteiger charge is 2.36. The molecule has 0 radical (unpaired) electrons. The molecule has 0 aliphatic carbocycles. The first kappa shape index (κ1) is 17.2. The van der Waals surface area contributed by atoms with Gasteiger partial charge in [-0.15, -0.1) is 0 Å². The standard InChI is InChI=1S/C18H19BrN2O2/c1-12-7-9-14(10-8-12)20-16(22)18(2,3)17(23)21-15-6-4-5-13(19)11-15/h4-11H,1-3H3,(H,20,22)(H,21,23). The van der Waals surface area contributed by atoms with Gasteiger partial charge in [0.25, 0.3) is 0 Å². The first-order valence-corrected chi connectivity index (χ1v) is 8.03. The van der Waals surface area contributed by atoms with Crippen LogP contribution in [0.2, 0.25) is 0 Å². The van der Waals surface area contributed by atoms with E-state index in [9.17, 15) is 9.59 Å². The fourth-order valence-corrected chi connectivity index (χ4v) is 2.28. The monoisotopic (exact) mass is 374 g/mol. The SMILES string of the molecule is Cc1ccc(NC(=O)C(C)(C)C(=O)Nc2cccc(Br)c2)cc1. The molecule has 2 aromatic rings. The molecular formula is C18H19BrN2O2. The van der Waals surface area contributed by atoms with Gasteiger partial charge in [0.15, 0.2) is 0 Å². The second kappa shape index (κ2) is 6.96. The zero-order chi connectivity index (χ0) is 17.0. The highest BCUT2D eigenvalue weighted by Crippen LogP contribution is 2.23. The second-order valence-electron chi connectivity index (χ2n) is 5.91. The highest BCUT2D eigenvalue weighted by atomic mass is 79.9. The number of carbonyl (C=O) groups excluding carboxylic acids is 2. The summed E-state index contributed by atoms with van der Waals surface area (Å²) < 4.78 is 0.859. The van der Waals surface area contributed by atoms with Gasteiger partial charge in [-0.2, -0.15) is 0 Å². The molecule has 0 aliphatic rings. The van der Waals surface area contributed by atoms with Crippen LogP contribution in [-0.2, 0) is 9.59 Å². The van der Waals surface area contributed by atoms with Crippen LogP contribution < -0.4 is 10.6 Å². The average molecular weight is 375 g/mol. The number of aryl methyl sites for hydroxylation is 1. The summed E-state index contributed by atoms with van der Waals surface area (Å²) in [7, 11) is 0. The van der Waals surface area contributed by atoms with E-state index in [2.05, 4.69) is 26.6 Å². The van der Waals surface area contributed by atoms with Crippen molar-refractivity contribution < 1.29 is 9.59 Å². The number of nitrogens with one attached hydrogen (secondary N) is 2. The van der Waals surface area contributed by atoms with Crippen molar-refractivity contribution in [1.29, 1.82) is 0 Å². The van der Waals surface area contributed by atoms with Gasteiger partial charge in [-0.25, -0.2) is 0 Å². The van der Waals surface area contributed by atoms with Gasteiger partial charge in [0.2, 0.25) is 11.8 Å². The summed E-state index contributed by atoms with van der Waals surface area (Å²) in [5, 5.41) is 5.55. The summed E-state index contributed by atoms with van der Waals surface area (Å²) >= 11 is 3.35. The number of hydrogen-bond donors (Lipinski definition) is 2. The Kier molecular flexibility index (Phi) is 5.21. The zero-order valence-electron chi connectivity index (χ0n) is 13.3. The number of benzene rings is 2. The van der Waals surface area contributed by atoms with Gasteiger partial charge in [0.1, 0.15) is 5.41 Å². The lowest BCUT2D eigenvalue weighted by atomic mass is 9.90. The Morgan fingerprint density at radius 2 is 1.48 bits per heavy atom. The van der Waals surface area contributed by atoms with Gasteiger partial charge < -0.3 is 10.6 Å². The van der Waals surface area contributed by atoms with Crippen molar-refractivity contribution in [1.82, 2.24) is 0 Å². The van der Waals surface area contributed by atoms with E-state index in [0.717, 1.165) is 10.0 Å². The molecule has 2 N–H and O–H groups in total. The van der Waals surface area contributed by atoms with Crippen molar-refractivity contribution >= 4 is 39.1 Å². The zero-order valence-corrected chi connectivity index (χ0v) is 14.9. The summed E-state index contributed by atoms with van der Waals surface area (Å²) in [5.74, 6) is -0.714. The maximum atomic E-state index is 12.4. The molecule has 0 unspecified atom stereocenters. The van der Waals surface area contributed by atoms with Crippen molar-refractivity contribution in [2.75, 3.05) is 10.6 Å². The van der Waals surface area contributed by atoms with Crippen LogP contribution >= 0.6 is 15.9 Å². The first-order chi connectivity index (χ1) is 10.8. The highest BCUT2D eigenvalue weighted by molar-refractivity contribution is 9.10. The van der Waals surface area contributed by atoms with Crippen molar-refractivity contribution in [2.24, 2.45) is 5.41 Å². The first-order valence-electron chi connectivity index (χ1n) is 7.24. The third-order valence-electron chi connectivity index (χ3n) is 3.53. The van der Waals surface area contributed by atoms with Crippen LogP contribution in [0.1, 0.15) is 19.4 Å². The number of carbonyl (C=O) groups is 2. The maximum absolute atomic E-state index is 12.4. The van der Waals surface area contributed by atoms with Crippen LogP contribution in [0.4, 0.5) is 11.4 Å². The smallest absolute Gasteiger partial charge is 0.239 e. The molecule has 0 aliphatic heterocycles. The van der Waals surface area contributed by atoms with Crippen LogP contribution in [0.15, 0.2) is 53.0 Å². The van der Waals surface area contributed by atoms with Crippen LogP contribution in [0, 0.1) is 12.3 Å². The molecule has 0 saturated carbocycles. The normalized spacial score (nSPS) is 11.0. The quantitative estimate of drug-likeness (QED) is 0.780. The van der Waals surface area contributed by atoms with Gasteiger partial charge in [0, 0.05) is 15.8 Å². The van der Waals surface area contributed by atoms with E-state index in [1.54, 1.807) is 26.0 Å². The lowest BCUT2D eigenvalue weighted by Gasteiger charge is -2.23. The number of rotatable bonds is 4. The van der Waals surface area contributed by atoms with Crippen molar-refractivity contribution in [3.05, 3.63) is 58.6 Å². The Morgan fingerprint density at radius 1 is 0.913 bits per heavy atom. The number of halogens is 1. The van der Waals surface area contributed by atoms with Crippen LogP contribution in [0.3, 0.4) is 0 Å². The molecule has 0 atom stereocenters. The summed E-state index contributed by atoms with van der Waals surface area (Å²) in [6.45, 7) is 5.18.